The molecule has 0 fully saturated rings. The molecule has 0 aliphatic heterocycles. The van der Waals surface area contributed by atoms with Crippen LogP contribution >= 0.6 is 11.8 Å². The average molecular weight is 332 g/mol. The number of pyridine rings is 1. The second-order valence-corrected chi connectivity index (χ2v) is 5.62. The van der Waals surface area contributed by atoms with E-state index in [-0.39, 0.29) is 10.7 Å². The van der Waals surface area contributed by atoms with Crippen LogP contribution in [0.2, 0.25) is 0 Å². The zero-order chi connectivity index (χ0) is 16.5. The van der Waals surface area contributed by atoms with Gasteiger partial charge in [-0.3, -0.25) is 14.0 Å². The molecule has 0 aromatic carbocycles. The third kappa shape index (κ3) is 3.08. The molecule has 0 aliphatic rings. The Morgan fingerprint density at radius 1 is 1.36 bits per heavy atom. The molecule has 0 spiro atoms. The van der Waals surface area contributed by atoms with Crippen molar-refractivity contribution in [2.24, 2.45) is 0 Å². The van der Waals surface area contributed by atoms with Crippen LogP contribution < -0.4 is 0 Å². The van der Waals surface area contributed by atoms with Gasteiger partial charge in [0.05, 0.1) is 12.6 Å². The van der Waals surface area contributed by atoms with Gasteiger partial charge < -0.3 is 4.74 Å². The van der Waals surface area contributed by atoms with Crippen molar-refractivity contribution < 1.29 is 27.5 Å². The zero-order valence-corrected chi connectivity index (χ0v) is 12.4. The van der Waals surface area contributed by atoms with E-state index in [1.807, 2.05) is 0 Å². The number of ether oxygens (including phenoxy) is 1. The molecular weight excluding hydrogens is 321 g/mol. The maximum atomic E-state index is 12.6. The Hall–Kier alpha value is -2.03. The van der Waals surface area contributed by atoms with Gasteiger partial charge in [-0.1, -0.05) is 17.8 Å². The molecule has 5 nitrogen and oxygen atoms in total. The first-order valence-corrected chi connectivity index (χ1v) is 6.96. The lowest BCUT2D eigenvalue weighted by Crippen LogP contribution is -2.23. The van der Waals surface area contributed by atoms with Crippen molar-refractivity contribution in [1.82, 2.24) is 9.38 Å². The van der Waals surface area contributed by atoms with Gasteiger partial charge in [0.1, 0.15) is 10.9 Å². The third-order valence-electron chi connectivity index (χ3n) is 2.80. The minimum Gasteiger partial charge on any atom is -0.468 e. The average Bonchev–Trinajstić information content (AvgIpc) is 2.83. The molecule has 0 unspecified atom stereocenters. The molecule has 2 rings (SSSR count). The van der Waals surface area contributed by atoms with Crippen LogP contribution in [0.25, 0.3) is 5.52 Å². The number of carbonyl (C=O) groups is 2. The number of methoxy groups -OCH3 is 1. The first kappa shape index (κ1) is 16.3. The van der Waals surface area contributed by atoms with Crippen molar-refractivity contribution in [3.8, 4) is 0 Å². The summed E-state index contributed by atoms with van der Waals surface area (Å²) in [5.74, 6) is -2.56. The molecule has 0 saturated carbocycles. The monoisotopic (exact) mass is 332 g/mol. The fourth-order valence-electron chi connectivity index (χ4n) is 1.77. The normalized spacial score (nSPS) is 13.1. The molecule has 2 heterocycles. The largest absolute Gasteiger partial charge is 0.468 e. The maximum Gasteiger partial charge on any atom is 0.456 e. The van der Waals surface area contributed by atoms with Crippen molar-refractivity contribution in [1.29, 1.82) is 0 Å². The molecule has 0 amide bonds. The topological polar surface area (TPSA) is 60.7 Å². The summed E-state index contributed by atoms with van der Waals surface area (Å²) in [6.45, 7) is 1.53. The number of imidazole rings is 1. The number of ketones is 1. The number of nitrogens with zero attached hydrogens (tertiary/aromatic N) is 2. The van der Waals surface area contributed by atoms with Crippen molar-refractivity contribution in [2.75, 3.05) is 7.11 Å². The zero-order valence-electron chi connectivity index (χ0n) is 11.5. The number of rotatable bonds is 4. The quantitative estimate of drug-likeness (QED) is 0.489. The number of Topliss-reactive ketones (excluding diaryl/α,β-unsaturated/α-hetero) is 1. The fraction of sp³-hybridized carbons (Fsp3) is 0.308. The van der Waals surface area contributed by atoms with Crippen molar-refractivity contribution in [3.63, 3.8) is 0 Å². The second-order valence-electron chi connectivity index (χ2n) is 4.31. The van der Waals surface area contributed by atoms with Gasteiger partial charge in [0.25, 0.3) is 5.78 Å². The molecule has 0 N–H and O–H groups in total. The van der Waals surface area contributed by atoms with E-state index < -0.39 is 28.9 Å². The van der Waals surface area contributed by atoms with Gasteiger partial charge in [-0.15, -0.1) is 0 Å². The van der Waals surface area contributed by atoms with E-state index in [0.717, 1.165) is 11.8 Å². The van der Waals surface area contributed by atoms with Gasteiger partial charge in [-0.2, -0.15) is 13.2 Å². The summed E-state index contributed by atoms with van der Waals surface area (Å²) in [5.41, 5.74) is -0.656. The minimum atomic E-state index is -5.01. The predicted molar refractivity (Wildman–Crippen MR) is 72.9 cm³/mol. The number of fused-ring (bicyclic) bond motifs is 1. The van der Waals surface area contributed by atoms with Crippen LogP contribution in [-0.4, -0.2) is 39.7 Å². The number of thioether (sulfide) groups is 1. The number of aromatic nitrogens is 2. The first-order chi connectivity index (χ1) is 10.3. The van der Waals surface area contributed by atoms with Gasteiger partial charge in [-0.05, 0) is 19.1 Å². The Kier molecular flexibility index (Phi) is 4.45. The van der Waals surface area contributed by atoms with E-state index in [4.69, 9.17) is 0 Å². The SMILES string of the molecule is COC(=O)[C@H](C)Sc1nc(C(=O)C(F)(F)F)c2ccccn12. The Balaban J connectivity index is 2.49. The molecule has 0 bridgehead atoms. The smallest absolute Gasteiger partial charge is 0.456 e. The lowest BCUT2D eigenvalue weighted by atomic mass is 10.2. The van der Waals surface area contributed by atoms with Crippen LogP contribution in [0, 0.1) is 0 Å². The number of alkyl halides is 3. The molecule has 0 radical (unpaired) electrons. The van der Waals surface area contributed by atoms with E-state index in [2.05, 4.69) is 9.72 Å². The molecule has 22 heavy (non-hydrogen) atoms. The summed E-state index contributed by atoms with van der Waals surface area (Å²) >= 11 is 0.912. The first-order valence-electron chi connectivity index (χ1n) is 6.08. The van der Waals surface area contributed by atoms with Crippen LogP contribution in [0.3, 0.4) is 0 Å². The number of esters is 1. The van der Waals surface area contributed by atoms with Crippen molar-refractivity contribution in [3.05, 3.63) is 30.1 Å². The van der Waals surface area contributed by atoms with Crippen LogP contribution in [0.5, 0.6) is 0 Å². The Morgan fingerprint density at radius 2 is 2.05 bits per heavy atom. The van der Waals surface area contributed by atoms with Gasteiger partial charge in [-0.25, -0.2) is 4.98 Å². The van der Waals surface area contributed by atoms with Gasteiger partial charge in [0.2, 0.25) is 0 Å². The highest BCUT2D eigenvalue weighted by molar-refractivity contribution is 8.00. The molecule has 9 heteroatoms. The Bertz CT molecular complexity index is 727. The van der Waals surface area contributed by atoms with E-state index in [9.17, 15) is 22.8 Å². The van der Waals surface area contributed by atoms with Crippen molar-refractivity contribution >= 4 is 29.0 Å². The van der Waals surface area contributed by atoms with Crippen molar-refractivity contribution in [2.45, 2.75) is 23.5 Å². The van der Waals surface area contributed by atoms with Gasteiger partial charge in [0.15, 0.2) is 5.16 Å². The summed E-state index contributed by atoms with van der Waals surface area (Å²) in [4.78, 5) is 26.7. The van der Waals surface area contributed by atoms with E-state index in [0.29, 0.717) is 0 Å². The van der Waals surface area contributed by atoms with Gasteiger partial charge >= 0.3 is 12.1 Å². The highest BCUT2D eigenvalue weighted by atomic mass is 32.2. The molecular formula is C13H11F3N2O3S. The van der Waals surface area contributed by atoms with Crippen LogP contribution in [0.15, 0.2) is 29.6 Å². The second kappa shape index (κ2) is 5.99. The standard InChI is InChI=1S/C13H11F3N2O3S/c1-7(11(20)21-2)22-12-17-9(10(19)13(14,15)16)8-5-3-4-6-18(8)12/h3-7H,1-2H3/t7-/m0/s1. The molecule has 0 saturated heterocycles. The molecule has 1 atom stereocenters. The Morgan fingerprint density at radius 3 is 2.64 bits per heavy atom. The summed E-state index contributed by atoms with van der Waals surface area (Å²) in [5, 5.41) is -0.564. The maximum absolute atomic E-state index is 12.6. The third-order valence-corrected chi connectivity index (χ3v) is 3.85. The Labute approximate surface area is 127 Å². The number of carbonyl (C=O) groups excluding carboxylic acids is 2. The van der Waals surface area contributed by atoms with Crippen LogP contribution in [0.1, 0.15) is 17.4 Å². The number of hydrogen-bond acceptors (Lipinski definition) is 5. The number of hydrogen-bond donors (Lipinski definition) is 0. The number of halogens is 3. The predicted octanol–water partition coefficient (Wildman–Crippen LogP) is 2.73. The molecule has 0 aliphatic carbocycles. The van der Waals surface area contributed by atoms with Crippen LogP contribution in [0.4, 0.5) is 13.2 Å². The van der Waals surface area contributed by atoms with E-state index >= 15 is 0 Å². The lowest BCUT2D eigenvalue weighted by molar-refractivity contribution is -0.139. The van der Waals surface area contributed by atoms with E-state index in [1.54, 1.807) is 6.07 Å². The highest BCUT2D eigenvalue weighted by Gasteiger charge is 2.42. The van der Waals surface area contributed by atoms with E-state index in [1.165, 1.54) is 36.8 Å². The summed E-state index contributed by atoms with van der Waals surface area (Å²) in [7, 11) is 1.21. The molecule has 118 valence electrons. The minimum absolute atomic E-state index is 0.0318. The fourth-order valence-corrected chi connectivity index (χ4v) is 2.69. The molecule has 2 aromatic rings. The van der Waals surface area contributed by atoms with Gasteiger partial charge in [0, 0.05) is 6.20 Å². The lowest BCUT2D eigenvalue weighted by Gasteiger charge is -2.07. The van der Waals surface area contributed by atoms with Crippen LogP contribution in [-0.2, 0) is 9.53 Å². The summed E-state index contributed by atoms with van der Waals surface area (Å²) < 4.78 is 43.8. The summed E-state index contributed by atoms with van der Waals surface area (Å²) in [6.07, 6.45) is -3.54. The molecule has 2 aromatic heterocycles. The summed E-state index contributed by atoms with van der Waals surface area (Å²) in [6, 6.07) is 4.45. The highest BCUT2D eigenvalue weighted by Crippen LogP contribution is 2.29.